The van der Waals surface area contributed by atoms with Crippen LogP contribution in [-0.4, -0.2) is 13.4 Å². The average molecular weight is 302 g/mol. The van der Waals surface area contributed by atoms with Crippen molar-refractivity contribution in [2.24, 2.45) is 0 Å². The first-order valence-electron chi connectivity index (χ1n) is 6.13. The summed E-state index contributed by atoms with van der Waals surface area (Å²) in [5.74, 6) is 0. The maximum absolute atomic E-state index is 12.2. The van der Waals surface area contributed by atoms with Gasteiger partial charge in [-0.2, -0.15) is 5.26 Å². The summed E-state index contributed by atoms with van der Waals surface area (Å²) in [6.07, 6.45) is 1.60. The fourth-order valence-electron chi connectivity index (χ4n) is 1.73. The molecule has 0 saturated carbocycles. The Labute approximate surface area is 123 Å². The second kappa shape index (κ2) is 5.91. The van der Waals surface area contributed by atoms with E-state index >= 15 is 0 Å². The van der Waals surface area contributed by atoms with Crippen molar-refractivity contribution in [3.05, 3.63) is 53.3 Å². The number of hydrogen-bond acceptors (Lipinski definition) is 5. The molecule has 7 heteroatoms. The van der Waals surface area contributed by atoms with Crippen molar-refractivity contribution < 1.29 is 8.42 Å². The summed E-state index contributed by atoms with van der Waals surface area (Å²) in [4.78, 5) is 4.01. The van der Waals surface area contributed by atoms with E-state index in [1.165, 1.54) is 18.2 Å². The number of pyridine rings is 1. The summed E-state index contributed by atoms with van der Waals surface area (Å²) < 4.78 is 26.9. The lowest BCUT2D eigenvalue weighted by molar-refractivity contribution is 0.581. The van der Waals surface area contributed by atoms with Gasteiger partial charge in [0.2, 0.25) is 10.0 Å². The molecule has 1 heterocycles. The van der Waals surface area contributed by atoms with Gasteiger partial charge in [0.15, 0.2) is 0 Å². The molecule has 0 atom stereocenters. The molecule has 1 aromatic carbocycles. The number of hydrogen-bond donors (Lipinski definition) is 2. The van der Waals surface area contributed by atoms with Gasteiger partial charge in [-0.05, 0) is 36.8 Å². The standard InChI is InChI=1S/C14H14N4O2S/c1-10-2-3-11(8-17-10)9-18-21(19,20)14-5-4-13(16)6-12(14)7-15/h2-6,8,18H,9,16H2,1H3. The Kier molecular flexibility index (Phi) is 4.21. The molecule has 0 unspecified atom stereocenters. The third-order valence-electron chi connectivity index (χ3n) is 2.85. The second-order valence-electron chi connectivity index (χ2n) is 4.50. The number of aromatic nitrogens is 1. The molecule has 6 nitrogen and oxygen atoms in total. The number of nitrogens with zero attached hydrogens (tertiary/aromatic N) is 2. The van der Waals surface area contributed by atoms with Crippen molar-refractivity contribution in [1.82, 2.24) is 9.71 Å². The number of nitriles is 1. The maximum Gasteiger partial charge on any atom is 0.242 e. The third kappa shape index (κ3) is 3.56. The molecule has 3 N–H and O–H groups in total. The Morgan fingerprint density at radius 2 is 2.10 bits per heavy atom. The SMILES string of the molecule is Cc1ccc(CNS(=O)(=O)c2ccc(N)cc2C#N)cn1. The number of nitrogens with one attached hydrogen (secondary N) is 1. The lowest BCUT2D eigenvalue weighted by Gasteiger charge is -2.09. The van der Waals surface area contributed by atoms with E-state index in [4.69, 9.17) is 11.0 Å². The minimum Gasteiger partial charge on any atom is -0.399 e. The fourth-order valence-corrected chi connectivity index (χ4v) is 2.88. The van der Waals surface area contributed by atoms with Crippen LogP contribution in [0.5, 0.6) is 0 Å². The molecule has 0 amide bonds. The minimum atomic E-state index is -3.78. The molecule has 0 fully saturated rings. The highest BCUT2D eigenvalue weighted by atomic mass is 32.2. The van der Waals surface area contributed by atoms with Gasteiger partial charge >= 0.3 is 0 Å². The van der Waals surface area contributed by atoms with Gasteiger partial charge in [0, 0.05) is 24.1 Å². The lowest BCUT2D eigenvalue weighted by Crippen LogP contribution is -2.24. The number of benzene rings is 1. The van der Waals surface area contributed by atoms with Crippen molar-refractivity contribution >= 4 is 15.7 Å². The molecule has 0 aliphatic carbocycles. The van der Waals surface area contributed by atoms with Crippen LogP contribution in [0.3, 0.4) is 0 Å². The molecular weight excluding hydrogens is 288 g/mol. The summed E-state index contributed by atoms with van der Waals surface area (Å²) in [5, 5.41) is 9.01. The Morgan fingerprint density at radius 3 is 2.71 bits per heavy atom. The second-order valence-corrected chi connectivity index (χ2v) is 6.24. The zero-order chi connectivity index (χ0) is 15.5. The van der Waals surface area contributed by atoms with Gasteiger partial charge in [0.25, 0.3) is 0 Å². The van der Waals surface area contributed by atoms with Gasteiger partial charge in [-0.25, -0.2) is 13.1 Å². The number of rotatable bonds is 4. The van der Waals surface area contributed by atoms with Crippen LogP contribution in [0.1, 0.15) is 16.8 Å². The Hall–Kier alpha value is -2.43. The molecule has 0 spiro atoms. The molecule has 0 saturated heterocycles. The van der Waals surface area contributed by atoms with E-state index in [-0.39, 0.29) is 17.0 Å². The first kappa shape index (κ1) is 15.0. The first-order chi connectivity index (χ1) is 9.92. The smallest absolute Gasteiger partial charge is 0.242 e. The van der Waals surface area contributed by atoms with Crippen LogP contribution in [0.15, 0.2) is 41.4 Å². The van der Waals surface area contributed by atoms with E-state index in [0.717, 1.165) is 11.3 Å². The summed E-state index contributed by atoms with van der Waals surface area (Å²) in [7, 11) is -3.78. The Bertz CT molecular complexity index is 793. The third-order valence-corrected chi connectivity index (χ3v) is 4.31. The lowest BCUT2D eigenvalue weighted by atomic mass is 10.2. The maximum atomic E-state index is 12.2. The highest BCUT2D eigenvalue weighted by Gasteiger charge is 2.18. The molecule has 0 aliphatic heterocycles. The van der Waals surface area contributed by atoms with Crippen molar-refractivity contribution in [3.63, 3.8) is 0 Å². The van der Waals surface area contributed by atoms with E-state index in [2.05, 4.69) is 9.71 Å². The molecule has 2 rings (SSSR count). The normalized spacial score (nSPS) is 11.0. The van der Waals surface area contributed by atoms with E-state index in [1.54, 1.807) is 18.3 Å². The van der Waals surface area contributed by atoms with Crippen LogP contribution in [0.4, 0.5) is 5.69 Å². The van der Waals surface area contributed by atoms with E-state index in [0.29, 0.717) is 5.69 Å². The van der Waals surface area contributed by atoms with E-state index in [9.17, 15) is 8.42 Å². The van der Waals surface area contributed by atoms with Crippen molar-refractivity contribution in [3.8, 4) is 6.07 Å². The van der Waals surface area contributed by atoms with Gasteiger partial charge in [-0.3, -0.25) is 4.98 Å². The average Bonchev–Trinajstić information content (AvgIpc) is 2.46. The molecule has 21 heavy (non-hydrogen) atoms. The summed E-state index contributed by atoms with van der Waals surface area (Å²) >= 11 is 0. The van der Waals surface area contributed by atoms with Crippen LogP contribution in [-0.2, 0) is 16.6 Å². The number of sulfonamides is 1. The summed E-state index contributed by atoms with van der Waals surface area (Å²) in [6.45, 7) is 1.95. The first-order valence-corrected chi connectivity index (χ1v) is 7.61. The molecule has 2 aromatic rings. The fraction of sp³-hybridized carbons (Fsp3) is 0.143. The van der Waals surface area contributed by atoms with E-state index < -0.39 is 10.0 Å². The molecule has 1 aromatic heterocycles. The van der Waals surface area contributed by atoms with Crippen molar-refractivity contribution in [2.45, 2.75) is 18.4 Å². The molecule has 108 valence electrons. The minimum absolute atomic E-state index is 0.0181. The van der Waals surface area contributed by atoms with Gasteiger partial charge in [-0.1, -0.05) is 6.07 Å². The van der Waals surface area contributed by atoms with Crippen LogP contribution >= 0.6 is 0 Å². The monoisotopic (exact) mass is 302 g/mol. The molecule has 0 bridgehead atoms. The van der Waals surface area contributed by atoms with Gasteiger partial charge in [-0.15, -0.1) is 0 Å². The molecule has 0 radical (unpaired) electrons. The number of nitrogens with two attached hydrogens (primary N) is 1. The molecule has 0 aliphatic rings. The van der Waals surface area contributed by atoms with Gasteiger partial charge in [0.1, 0.15) is 6.07 Å². The number of anilines is 1. The van der Waals surface area contributed by atoms with Crippen LogP contribution < -0.4 is 10.5 Å². The summed E-state index contributed by atoms with van der Waals surface area (Å²) in [5.41, 5.74) is 7.50. The van der Waals surface area contributed by atoms with Gasteiger partial charge in [0.05, 0.1) is 10.5 Å². The topological polar surface area (TPSA) is 109 Å². The summed E-state index contributed by atoms with van der Waals surface area (Å²) in [6, 6.07) is 9.53. The van der Waals surface area contributed by atoms with Crippen LogP contribution in [0.2, 0.25) is 0 Å². The number of nitrogen functional groups attached to an aromatic ring is 1. The zero-order valence-electron chi connectivity index (χ0n) is 11.4. The predicted molar refractivity (Wildman–Crippen MR) is 78.6 cm³/mol. The van der Waals surface area contributed by atoms with Crippen molar-refractivity contribution in [1.29, 1.82) is 5.26 Å². The highest BCUT2D eigenvalue weighted by molar-refractivity contribution is 7.89. The molecular formula is C14H14N4O2S. The van der Waals surface area contributed by atoms with Crippen LogP contribution in [0.25, 0.3) is 0 Å². The van der Waals surface area contributed by atoms with Crippen LogP contribution in [0, 0.1) is 18.3 Å². The van der Waals surface area contributed by atoms with Gasteiger partial charge < -0.3 is 5.73 Å². The highest BCUT2D eigenvalue weighted by Crippen LogP contribution is 2.18. The quantitative estimate of drug-likeness (QED) is 0.828. The van der Waals surface area contributed by atoms with Crippen molar-refractivity contribution in [2.75, 3.05) is 5.73 Å². The Balaban J connectivity index is 2.23. The Morgan fingerprint density at radius 1 is 1.33 bits per heavy atom. The predicted octanol–water partition coefficient (Wildman–Crippen LogP) is 1.32. The van der Waals surface area contributed by atoms with E-state index in [1.807, 2.05) is 13.0 Å². The largest absolute Gasteiger partial charge is 0.399 e. The number of aryl methyl sites for hydroxylation is 1. The zero-order valence-corrected chi connectivity index (χ0v) is 12.2.